The van der Waals surface area contributed by atoms with Crippen molar-refractivity contribution >= 4 is 27.5 Å². The van der Waals surface area contributed by atoms with Gasteiger partial charge in [0.15, 0.2) is 0 Å². The van der Waals surface area contributed by atoms with Crippen molar-refractivity contribution in [3.05, 3.63) is 34.6 Å². The van der Waals surface area contributed by atoms with Crippen molar-refractivity contribution in [3.8, 4) is 0 Å². The van der Waals surface area contributed by atoms with Crippen molar-refractivity contribution < 1.29 is 9.90 Å². The van der Waals surface area contributed by atoms with Crippen LogP contribution < -0.4 is 5.32 Å². The highest BCUT2D eigenvalue weighted by molar-refractivity contribution is 7.20. The smallest absolute Gasteiger partial charge is 0.261 e. The number of aromatic nitrogens is 4. The molecule has 0 aliphatic rings. The van der Waals surface area contributed by atoms with Crippen LogP contribution in [0, 0.1) is 6.92 Å². The molecule has 3 heterocycles. The first-order chi connectivity index (χ1) is 10.8. The van der Waals surface area contributed by atoms with Crippen LogP contribution in [0.2, 0.25) is 0 Å². The highest BCUT2D eigenvalue weighted by atomic mass is 32.1. The maximum absolute atomic E-state index is 12.4. The fourth-order valence-electron chi connectivity index (χ4n) is 2.46. The monoisotopic (exact) mass is 333 g/mol. The van der Waals surface area contributed by atoms with Crippen molar-refractivity contribution in [2.75, 3.05) is 6.54 Å². The summed E-state index contributed by atoms with van der Waals surface area (Å²) in [7, 11) is 3.65. The molecule has 3 aromatic heterocycles. The number of amides is 1. The zero-order chi connectivity index (χ0) is 16.8. The number of aryl methyl sites for hydroxylation is 3. The molecule has 0 aliphatic heterocycles. The van der Waals surface area contributed by atoms with Gasteiger partial charge in [-0.3, -0.25) is 14.2 Å². The number of fused-ring (bicyclic) bond motifs is 1. The molecular weight excluding hydrogens is 314 g/mol. The first-order valence-corrected chi connectivity index (χ1v) is 8.02. The topological polar surface area (TPSA) is 85.0 Å². The van der Waals surface area contributed by atoms with E-state index in [1.54, 1.807) is 35.7 Å². The molecule has 0 spiro atoms. The predicted molar refractivity (Wildman–Crippen MR) is 88.4 cm³/mol. The third-order valence-corrected chi connectivity index (χ3v) is 5.04. The maximum Gasteiger partial charge on any atom is 0.261 e. The van der Waals surface area contributed by atoms with Gasteiger partial charge in [-0.05, 0) is 19.9 Å². The molecule has 0 fully saturated rings. The average molecular weight is 333 g/mol. The van der Waals surface area contributed by atoms with Gasteiger partial charge in [-0.1, -0.05) is 0 Å². The van der Waals surface area contributed by atoms with Gasteiger partial charge in [-0.2, -0.15) is 10.2 Å². The molecule has 8 heteroatoms. The first-order valence-electron chi connectivity index (χ1n) is 7.21. The molecule has 1 amide bonds. The molecule has 0 saturated carbocycles. The van der Waals surface area contributed by atoms with Gasteiger partial charge in [0, 0.05) is 31.2 Å². The second-order valence-corrected chi connectivity index (χ2v) is 6.93. The van der Waals surface area contributed by atoms with Crippen LogP contribution in [0.5, 0.6) is 0 Å². The minimum absolute atomic E-state index is 0.114. The van der Waals surface area contributed by atoms with Crippen molar-refractivity contribution in [2.24, 2.45) is 14.1 Å². The largest absolute Gasteiger partial charge is 0.383 e. The van der Waals surface area contributed by atoms with E-state index in [2.05, 4.69) is 15.5 Å². The Kier molecular flexibility index (Phi) is 3.73. The van der Waals surface area contributed by atoms with Gasteiger partial charge in [-0.25, -0.2) is 0 Å². The van der Waals surface area contributed by atoms with E-state index in [1.165, 1.54) is 11.3 Å². The molecule has 0 bridgehead atoms. The summed E-state index contributed by atoms with van der Waals surface area (Å²) < 4.78 is 3.39. The zero-order valence-electron chi connectivity index (χ0n) is 13.5. The summed E-state index contributed by atoms with van der Waals surface area (Å²) in [5, 5.41) is 22.7. The lowest BCUT2D eigenvalue weighted by Crippen LogP contribution is -2.38. The van der Waals surface area contributed by atoms with Crippen molar-refractivity contribution in [3.63, 3.8) is 0 Å². The van der Waals surface area contributed by atoms with Gasteiger partial charge in [0.1, 0.15) is 10.4 Å². The van der Waals surface area contributed by atoms with Gasteiger partial charge in [0.05, 0.1) is 23.3 Å². The second kappa shape index (κ2) is 5.47. The van der Waals surface area contributed by atoms with Crippen molar-refractivity contribution in [2.45, 2.75) is 19.4 Å². The molecular formula is C15H19N5O2S. The number of hydrogen-bond donors (Lipinski definition) is 2. The molecule has 23 heavy (non-hydrogen) atoms. The molecule has 2 N–H and O–H groups in total. The van der Waals surface area contributed by atoms with Crippen LogP contribution >= 0.6 is 11.3 Å². The molecule has 0 radical (unpaired) electrons. The fourth-order valence-corrected chi connectivity index (χ4v) is 3.50. The number of aliphatic hydroxyl groups is 1. The summed E-state index contributed by atoms with van der Waals surface area (Å²) in [5.74, 6) is -0.199. The van der Waals surface area contributed by atoms with Gasteiger partial charge < -0.3 is 10.4 Å². The second-order valence-electron chi connectivity index (χ2n) is 5.90. The average Bonchev–Trinajstić information content (AvgIpc) is 3.16. The molecule has 3 rings (SSSR count). The molecule has 1 atom stereocenters. The van der Waals surface area contributed by atoms with Gasteiger partial charge in [0.25, 0.3) is 5.91 Å². The maximum atomic E-state index is 12.4. The minimum Gasteiger partial charge on any atom is -0.383 e. The third kappa shape index (κ3) is 2.87. The Hall–Kier alpha value is -2.19. The van der Waals surface area contributed by atoms with E-state index >= 15 is 0 Å². The molecule has 1 unspecified atom stereocenters. The normalized spacial score (nSPS) is 14.1. The first kappa shape index (κ1) is 15.7. The molecule has 0 aliphatic carbocycles. The lowest BCUT2D eigenvalue weighted by molar-refractivity contribution is 0.0527. The quantitative estimate of drug-likeness (QED) is 0.754. The summed E-state index contributed by atoms with van der Waals surface area (Å²) in [6.07, 6.45) is 3.33. The zero-order valence-corrected chi connectivity index (χ0v) is 14.3. The highest BCUT2D eigenvalue weighted by Crippen LogP contribution is 2.27. The van der Waals surface area contributed by atoms with Gasteiger partial charge >= 0.3 is 0 Å². The fraction of sp³-hybridized carbons (Fsp3) is 0.400. The summed E-state index contributed by atoms with van der Waals surface area (Å²) >= 11 is 1.39. The Bertz CT molecular complexity index is 839. The Balaban J connectivity index is 1.74. The van der Waals surface area contributed by atoms with E-state index in [4.69, 9.17) is 0 Å². The summed E-state index contributed by atoms with van der Waals surface area (Å²) in [4.78, 5) is 13.9. The van der Waals surface area contributed by atoms with E-state index in [1.807, 2.05) is 20.0 Å². The number of thiophene rings is 1. The molecule has 7 nitrogen and oxygen atoms in total. The van der Waals surface area contributed by atoms with E-state index in [0.29, 0.717) is 10.4 Å². The number of nitrogens with zero attached hydrogens (tertiary/aromatic N) is 4. The number of rotatable bonds is 4. The Morgan fingerprint density at radius 2 is 2.22 bits per heavy atom. The van der Waals surface area contributed by atoms with Crippen LogP contribution in [0.25, 0.3) is 10.2 Å². The van der Waals surface area contributed by atoms with Crippen LogP contribution in [0.3, 0.4) is 0 Å². The predicted octanol–water partition coefficient (Wildman–Crippen LogP) is 1.31. The van der Waals surface area contributed by atoms with Crippen LogP contribution in [-0.4, -0.2) is 37.1 Å². The number of carbonyl (C=O) groups excluding carboxylic acids is 1. The van der Waals surface area contributed by atoms with Crippen LogP contribution in [-0.2, 0) is 19.7 Å². The molecule has 0 aromatic carbocycles. The summed E-state index contributed by atoms with van der Waals surface area (Å²) in [6, 6.07) is 1.84. The molecule has 0 saturated heterocycles. The number of carbonyl (C=O) groups is 1. The standard InChI is InChI=1S/C15H19N5O2S/c1-9-11-5-12(23-14(11)20(4)18-9)13(21)16-8-15(2,22)10-6-17-19(3)7-10/h5-7,22H,8H2,1-4H3,(H,16,21). The summed E-state index contributed by atoms with van der Waals surface area (Å²) in [5.41, 5.74) is 0.398. The van der Waals surface area contributed by atoms with E-state index in [0.717, 1.165) is 15.9 Å². The molecule has 3 aromatic rings. The van der Waals surface area contributed by atoms with Crippen LogP contribution in [0.4, 0.5) is 0 Å². The molecule has 122 valence electrons. The van der Waals surface area contributed by atoms with Gasteiger partial charge in [0.2, 0.25) is 0 Å². The van der Waals surface area contributed by atoms with Crippen molar-refractivity contribution in [1.29, 1.82) is 0 Å². The Morgan fingerprint density at radius 1 is 1.48 bits per heavy atom. The lowest BCUT2D eigenvalue weighted by atomic mass is 10.00. The summed E-state index contributed by atoms with van der Waals surface area (Å²) in [6.45, 7) is 3.69. The Morgan fingerprint density at radius 3 is 2.83 bits per heavy atom. The minimum atomic E-state index is -1.17. The van der Waals surface area contributed by atoms with Crippen molar-refractivity contribution in [1.82, 2.24) is 24.9 Å². The number of hydrogen-bond acceptors (Lipinski definition) is 5. The Labute approximate surface area is 137 Å². The highest BCUT2D eigenvalue weighted by Gasteiger charge is 2.26. The lowest BCUT2D eigenvalue weighted by Gasteiger charge is -2.22. The van der Waals surface area contributed by atoms with E-state index < -0.39 is 5.60 Å². The van der Waals surface area contributed by atoms with Crippen LogP contribution in [0.15, 0.2) is 18.5 Å². The van der Waals surface area contributed by atoms with E-state index in [-0.39, 0.29) is 12.5 Å². The SMILES string of the molecule is Cc1nn(C)c2sc(C(=O)NCC(C)(O)c3cnn(C)c3)cc12. The third-order valence-electron chi connectivity index (χ3n) is 3.84. The van der Waals surface area contributed by atoms with E-state index in [9.17, 15) is 9.90 Å². The van der Waals surface area contributed by atoms with Gasteiger partial charge in [-0.15, -0.1) is 11.3 Å². The number of nitrogens with one attached hydrogen (secondary N) is 1. The van der Waals surface area contributed by atoms with Crippen LogP contribution in [0.1, 0.15) is 27.9 Å².